The van der Waals surface area contributed by atoms with Gasteiger partial charge in [-0.2, -0.15) is 0 Å². The van der Waals surface area contributed by atoms with Gasteiger partial charge < -0.3 is 15.6 Å². The van der Waals surface area contributed by atoms with Gasteiger partial charge in [-0.1, -0.05) is 18.6 Å². The van der Waals surface area contributed by atoms with Crippen LogP contribution < -0.4 is 10.5 Å². The van der Waals surface area contributed by atoms with Crippen molar-refractivity contribution in [2.24, 2.45) is 5.73 Å². The fraction of sp³-hybridized carbons (Fsp3) is 0.571. The molecular weight excluding hydrogens is 246 g/mol. The number of benzene rings is 1. The Morgan fingerprint density at radius 2 is 2.28 bits per heavy atom. The van der Waals surface area contributed by atoms with Gasteiger partial charge in [0.1, 0.15) is 5.75 Å². The zero-order chi connectivity index (χ0) is 13.0. The molecule has 1 aliphatic rings. The Bertz CT molecular complexity index is 399. The van der Waals surface area contributed by atoms with Crippen LogP contribution >= 0.6 is 11.8 Å². The maximum Gasteiger partial charge on any atom is 0.132 e. The summed E-state index contributed by atoms with van der Waals surface area (Å²) in [4.78, 5) is 1.16. The molecule has 1 saturated carbocycles. The van der Waals surface area contributed by atoms with Crippen molar-refractivity contribution in [3.05, 3.63) is 24.3 Å². The lowest BCUT2D eigenvalue weighted by Crippen LogP contribution is -2.48. The van der Waals surface area contributed by atoms with Crippen molar-refractivity contribution in [2.75, 3.05) is 13.7 Å². The third-order valence-electron chi connectivity index (χ3n) is 3.51. The molecule has 1 aliphatic carbocycles. The Morgan fingerprint density at radius 3 is 3.00 bits per heavy atom. The highest BCUT2D eigenvalue weighted by Gasteiger charge is 2.32. The van der Waals surface area contributed by atoms with Crippen molar-refractivity contribution in [2.45, 2.75) is 41.4 Å². The fourth-order valence-electron chi connectivity index (χ4n) is 2.48. The van der Waals surface area contributed by atoms with Crippen LogP contribution in [0.15, 0.2) is 29.2 Å². The molecule has 100 valence electrons. The van der Waals surface area contributed by atoms with E-state index < -0.39 is 5.54 Å². The minimum Gasteiger partial charge on any atom is -0.496 e. The van der Waals surface area contributed by atoms with Crippen LogP contribution in [0, 0.1) is 0 Å². The van der Waals surface area contributed by atoms with Crippen LogP contribution in [0.25, 0.3) is 0 Å². The molecule has 4 heteroatoms. The lowest BCUT2D eigenvalue weighted by Gasteiger charge is -2.36. The maximum atomic E-state index is 9.38. The number of rotatable bonds is 4. The van der Waals surface area contributed by atoms with Crippen molar-refractivity contribution in [3.63, 3.8) is 0 Å². The number of methoxy groups -OCH3 is 1. The van der Waals surface area contributed by atoms with Crippen molar-refractivity contribution in [1.29, 1.82) is 0 Å². The second-order valence-corrected chi connectivity index (χ2v) is 6.35. The van der Waals surface area contributed by atoms with E-state index in [-0.39, 0.29) is 6.61 Å². The Labute approximate surface area is 113 Å². The highest BCUT2D eigenvalue weighted by Crippen LogP contribution is 2.40. The van der Waals surface area contributed by atoms with Gasteiger partial charge in [0.15, 0.2) is 0 Å². The average Bonchev–Trinajstić information content (AvgIpc) is 2.39. The van der Waals surface area contributed by atoms with Crippen LogP contribution in [0.3, 0.4) is 0 Å². The van der Waals surface area contributed by atoms with Gasteiger partial charge >= 0.3 is 0 Å². The van der Waals surface area contributed by atoms with Crippen molar-refractivity contribution >= 4 is 11.8 Å². The molecule has 0 aromatic heterocycles. The summed E-state index contributed by atoms with van der Waals surface area (Å²) in [5.41, 5.74) is 5.79. The van der Waals surface area contributed by atoms with E-state index in [4.69, 9.17) is 10.5 Å². The molecule has 0 heterocycles. The van der Waals surface area contributed by atoms with E-state index in [1.165, 1.54) is 0 Å². The highest BCUT2D eigenvalue weighted by molar-refractivity contribution is 8.00. The molecule has 3 nitrogen and oxygen atoms in total. The Hall–Kier alpha value is -0.710. The summed E-state index contributed by atoms with van der Waals surface area (Å²) in [5, 5.41) is 9.84. The third-order valence-corrected chi connectivity index (χ3v) is 4.84. The van der Waals surface area contributed by atoms with E-state index in [0.717, 1.165) is 36.3 Å². The monoisotopic (exact) mass is 267 g/mol. The number of ether oxygens (including phenoxy) is 1. The van der Waals surface area contributed by atoms with Gasteiger partial charge in [-0.3, -0.25) is 0 Å². The molecule has 18 heavy (non-hydrogen) atoms. The van der Waals surface area contributed by atoms with E-state index in [1.807, 2.05) is 30.0 Å². The summed E-state index contributed by atoms with van der Waals surface area (Å²) in [6.45, 7) is 0.0793. The van der Waals surface area contributed by atoms with E-state index >= 15 is 0 Å². The number of thioether (sulfide) groups is 1. The van der Waals surface area contributed by atoms with E-state index in [9.17, 15) is 5.11 Å². The van der Waals surface area contributed by atoms with Crippen LogP contribution in [0.2, 0.25) is 0 Å². The van der Waals surface area contributed by atoms with E-state index in [2.05, 4.69) is 6.07 Å². The van der Waals surface area contributed by atoms with Gasteiger partial charge in [0.25, 0.3) is 0 Å². The molecule has 0 amide bonds. The smallest absolute Gasteiger partial charge is 0.132 e. The van der Waals surface area contributed by atoms with Crippen LogP contribution in [0.5, 0.6) is 5.75 Å². The SMILES string of the molecule is COc1ccccc1SC1CCCC(N)(CO)C1. The van der Waals surface area contributed by atoms with Crippen LogP contribution in [-0.4, -0.2) is 29.6 Å². The molecule has 0 aliphatic heterocycles. The molecule has 0 radical (unpaired) electrons. The molecular formula is C14H21NO2S. The van der Waals surface area contributed by atoms with Crippen LogP contribution in [0.4, 0.5) is 0 Å². The zero-order valence-corrected chi connectivity index (χ0v) is 11.6. The molecule has 0 bridgehead atoms. The topological polar surface area (TPSA) is 55.5 Å². The van der Waals surface area contributed by atoms with Crippen molar-refractivity contribution < 1.29 is 9.84 Å². The summed E-state index contributed by atoms with van der Waals surface area (Å²) >= 11 is 1.82. The van der Waals surface area contributed by atoms with Gasteiger partial charge in [0, 0.05) is 15.7 Å². The molecule has 1 aromatic carbocycles. The summed E-state index contributed by atoms with van der Waals surface area (Å²) in [6, 6.07) is 8.06. The fourth-order valence-corrected chi connectivity index (χ4v) is 3.96. The zero-order valence-electron chi connectivity index (χ0n) is 10.8. The molecule has 0 spiro atoms. The molecule has 1 fully saturated rings. The highest BCUT2D eigenvalue weighted by atomic mass is 32.2. The summed E-state index contributed by atoms with van der Waals surface area (Å²) in [6.07, 6.45) is 4.03. The lowest BCUT2D eigenvalue weighted by molar-refractivity contribution is 0.159. The number of aliphatic hydroxyl groups excluding tert-OH is 1. The first-order chi connectivity index (χ1) is 8.67. The largest absolute Gasteiger partial charge is 0.496 e. The van der Waals surface area contributed by atoms with Gasteiger partial charge in [-0.25, -0.2) is 0 Å². The number of para-hydroxylation sites is 1. The van der Waals surface area contributed by atoms with Gasteiger partial charge in [-0.05, 0) is 31.4 Å². The van der Waals surface area contributed by atoms with E-state index in [0.29, 0.717) is 5.25 Å². The number of aliphatic hydroxyl groups is 1. The standard InChI is InChI=1S/C14H21NO2S/c1-17-12-6-2-3-7-13(12)18-11-5-4-8-14(15,9-11)10-16/h2-3,6-7,11,16H,4-5,8-10,15H2,1H3. The third kappa shape index (κ3) is 3.19. The minimum atomic E-state index is -0.391. The molecule has 1 aromatic rings. The second-order valence-electron chi connectivity index (χ2n) is 5.01. The maximum absolute atomic E-state index is 9.38. The first kappa shape index (κ1) is 13.7. The molecule has 2 atom stereocenters. The normalized spacial score (nSPS) is 28.1. The van der Waals surface area contributed by atoms with Crippen LogP contribution in [-0.2, 0) is 0 Å². The molecule has 0 saturated heterocycles. The average molecular weight is 267 g/mol. The van der Waals surface area contributed by atoms with Gasteiger partial charge in [0.2, 0.25) is 0 Å². The quantitative estimate of drug-likeness (QED) is 0.879. The van der Waals surface area contributed by atoms with Crippen molar-refractivity contribution in [1.82, 2.24) is 0 Å². The first-order valence-corrected chi connectivity index (χ1v) is 7.24. The van der Waals surface area contributed by atoms with E-state index in [1.54, 1.807) is 7.11 Å². The van der Waals surface area contributed by atoms with Gasteiger partial charge in [0.05, 0.1) is 13.7 Å². The number of hydrogen-bond donors (Lipinski definition) is 2. The summed E-state index contributed by atoms with van der Waals surface area (Å²) < 4.78 is 5.36. The summed E-state index contributed by atoms with van der Waals surface area (Å²) in [5.74, 6) is 0.916. The predicted octanol–water partition coefficient (Wildman–Crippen LogP) is 2.42. The lowest BCUT2D eigenvalue weighted by atomic mass is 9.83. The molecule has 2 rings (SSSR count). The summed E-state index contributed by atoms with van der Waals surface area (Å²) in [7, 11) is 1.70. The Kier molecular flexibility index (Phi) is 4.54. The molecule has 2 unspecified atom stereocenters. The number of hydrogen-bond acceptors (Lipinski definition) is 4. The molecule has 3 N–H and O–H groups in total. The second kappa shape index (κ2) is 5.95. The first-order valence-electron chi connectivity index (χ1n) is 6.36. The van der Waals surface area contributed by atoms with Crippen LogP contribution in [0.1, 0.15) is 25.7 Å². The minimum absolute atomic E-state index is 0.0793. The predicted molar refractivity (Wildman–Crippen MR) is 75.1 cm³/mol. The van der Waals surface area contributed by atoms with Crippen molar-refractivity contribution in [3.8, 4) is 5.75 Å². The van der Waals surface area contributed by atoms with Gasteiger partial charge in [-0.15, -0.1) is 11.8 Å². The Morgan fingerprint density at radius 1 is 1.50 bits per heavy atom. The Balaban J connectivity index is 2.05. The number of nitrogens with two attached hydrogens (primary N) is 1.